The Balaban J connectivity index is 1.35. The Morgan fingerprint density at radius 3 is 2.68 bits per heavy atom. The second-order valence-electron chi connectivity index (χ2n) is 7.15. The molecule has 130 valence electrons. The highest BCUT2D eigenvalue weighted by atomic mass is 16.2. The molecule has 1 aliphatic heterocycles. The lowest BCUT2D eigenvalue weighted by Crippen LogP contribution is -2.42. The molecule has 1 saturated heterocycles. The number of nitrogens with one attached hydrogen (secondary N) is 1. The molecule has 0 bridgehead atoms. The van der Waals surface area contributed by atoms with Crippen molar-refractivity contribution in [3.05, 3.63) is 53.6 Å². The zero-order valence-corrected chi connectivity index (χ0v) is 14.6. The van der Waals surface area contributed by atoms with E-state index in [4.69, 9.17) is 0 Å². The fourth-order valence-corrected chi connectivity index (χ4v) is 3.39. The molecule has 2 aromatic rings. The van der Waals surface area contributed by atoms with Gasteiger partial charge in [0.15, 0.2) is 0 Å². The van der Waals surface area contributed by atoms with Gasteiger partial charge in [0.2, 0.25) is 0 Å². The Morgan fingerprint density at radius 1 is 1.16 bits per heavy atom. The maximum Gasteiger partial charge on any atom is 0.272 e. The molecule has 5 nitrogen and oxygen atoms in total. The maximum atomic E-state index is 12.7. The lowest BCUT2D eigenvalue weighted by molar-refractivity contribution is 0.0712. The molecule has 5 heteroatoms. The number of hydrogen-bond donors (Lipinski definition) is 1. The molecule has 0 spiro atoms. The minimum absolute atomic E-state index is 0.0401. The van der Waals surface area contributed by atoms with E-state index in [0.29, 0.717) is 17.7 Å². The van der Waals surface area contributed by atoms with Crippen molar-refractivity contribution in [3.8, 4) is 0 Å². The SMILES string of the molecule is Cc1cccc(NC2CCN(C(=O)c3ccnc(C4CC4)n3)CC2)c1. The number of carbonyl (C=O) groups excluding carboxylic acids is 1. The first-order chi connectivity index (χ1) is 12.2. The van der Waals surface area contributed by atoms with Crippen LogP contribution in [-0.2, 0) is 0 Å². The first-order valence-corrected chi connectivity index (χ1v) is 9.14. The number of carbonyl (C=O) groups is 1. The van der Waals surface area contributed by atoms with Crippen molar-refractivity contribution < 1.29 is 4.79 Å². The van der Waals surface area contributed by atoms with Crippen molar-refractivity contribution in [1.29, 1.82) is 0 Å². The van der Waals surface area contributed by atoms with Crippen LogP contribution in [0.2, 0.25) is 0 Å². The highest BCUT2D eigenvalue weighted by Crippen LogP contribution is 2.37. The molecular formula is C20H24N4O. The lowest BCUT2D eigenvalue weighted by Gasteiger charge is -2.32. The first-order valence-electron chi connectivity index (χ1n) is 9.14. The van der Waals surface area contributed by atoms with Crippen molar-refractivity contribution in [1.82, 2.24) is 14.9 Å². The third-order valence-corrected chi connectivity index (χ3v) is 5.01. The Kier molecular flexibility index (Phi) is 4.38. The molecule has 1 N–H and O–H groups in total. The normalized spacial score (nSPS) is 18.2. The van der Waals surface area contributed by atoms with Gasteiger partial charge < -0.3 is 10.2 Å². The van der Waals surface area contributed by atoms with E-state index in [1.54, 1.807) is 12.3 Å². The number of benzene rings is 1. The molecule has 2 heterocycles. The molecule has 0 atom stereocenters. The van der Waals surface area contributed by atoms with Gasteiger partial charge in [0.1, 0.15) is 11.5 Å². The van der Waals surface area contributed by atoms with Crippen molar-refractivity contribution in [2.75, 3.05) is 18.4 Å². The van der Waals surface area contributed by atoms with E-state index >= 15 is 0 Å². The van der Waals surface area contributed by atoms with Gasteiger partial charge in [0.25, 0.3) is 5.91 Å². The highest BCUT2D eigenvalue weighted by Gasteiger charge is 2.29. The van der Waals surface area contributed by atoms with Gasteiger partial charge in [-0.2, -0.15) is 0 Å². The minimum atomic E-state index is 0.0401. The van der Waals surface area contributed by atoms with Crippen LogP contribution in [-0.4, -0.2) is 39.9 Å². The number of likely N-dealkylation sites (tertiary alicyclic amines) is 1. The summed E-state index contributed by atoms with van der Waals surface area (Å²) in [6, 6.07) is 10.6. The third-order valence-electron chi connectivity index (χ3n) is 5.01. The van der Waals surface area contributed by atoms with Crippen LogP contribution in [0.15, 0.2) is 36.5 Å². The van der Waals surface area contributed by atoms with Gasteiger partial charge in [-0.05, 0) is 56.4 Å². The van der Waals surface area contributed by atoms with Gasteiger partial charge in [-0.1, -0.05) is 12.1 Å². The molecule has 25 heavy (non-hydrogen) atoms. The van der Waals surface area contributed by atoms with E-state index in [2.05, 4.69) is 46.5 Å². The van der Waals surface area contributed by atoms with E-state index in [1.165, 1.54) is 5.56 Å². The van der Waals surface area contributed by atoms with Gasteiger partial charge in [-0.15, -0.1) is 0 Å². The number of nitrogens with zero attached hydrogens (tertiary/aromatic N) is 3. The lowest BCUT2D eigenvalue weighted by atomic mass is 10.0. The van der Waals surface area contributed by atoms with Crippen molar-refractivity contribution in [3.63, 3.8) is 0 Å². The highest BCUT2D eigenvalue weighted by molar-refractivity contribution is 5.92. The van der Waals surface area contributed by atoms with E-state index in [0.717, 1.165) is 50.3 Å². The fourth-order valence-electron chi connectivity index (χ4n) is 3.39. The van der Waals surface area contributed by atoms with Crippen molar-refractivity contribution in [2.24, 2.45) is 0 Å². The zero-order chi connectivity index (χ0) is 17.2. The number of hydrogen-bond acceptors (Lipinski definition) is 4. The van der Waals surface area contributed by atoms with E-state index in [1.807, 2.05) is 4.90 Å². The van der Waals surface area contributed by atoms with Crippen LogP contribution >= 0.6 is 0 Å². The molecule has 1 aromatic carbocycles. The summed E-state index contributed by atoms with van der Waals surface area (Å²) in [6.07, 6.45) is 5.93. The smallest absolute Gasteiger partial charge is 0.272 e. The zero-order valence-electron chi connectivity index (χ0n) is 14.6. The van der Waals surface area contributed by atoms with Gasteiger partial charge in [-0.3, -0.25) is 4.79 Å². The average molecular weight is 336 g/mol. The average Bonchev–Trinajstić information content (AvgIpc) is 3.47. The van der Waals surface area contributed by atoms with Gasteiger partial charge in [0, 0.05) is 36.9 Å². The van der Waals surface area contributed by atoms with Crippen LogP contribution in [0.1, 0.15) is 53.5 Å². The second-order valence-corrected chi connectivity index (χ2v) is 7.15. The van der Waals surface area contributed by atoms with Crippen LogP contribution in [0.25, 0.3) is 0 Å². The Morgan fingerprint density at radius 2 is 1.96 bits per heavy atom. The van der Waals surface area contributed by atoms with Crippen LogP contribution in [0, 0.1) is 6.92 Å². The van der Waals surface area contributed by atoms with E-state index < -0.39 is 0 Å². The fraction of sp³-hybridized carbons (Fsp3) is 0.450. The van der Waals surface area contributed by atoms with Crippen LogP contribution < -0.4 is 5.32 Å². The van der Waals surface area contributed by atoms with Crippen LogP contribution in [0.4, 0.5) is 5.69 Å². The minimum Gasteiger partial charge on any atom is -0.382 e. The summed E-state index contributed by atoms with van der Waals surface area (Å²) in [7, 11) is 0. The van der Waals surface area contributed by atoms with Crippen molar-refractivity contribution >= 4 is 11.6 Å². The molecule has 4 rings (SSSR count). The van der Waals surface area contributed by atoms with Gasteiger partial charge >= 0.3 is 0 Å². The molecule has 0 unspecified atom stereocenters. The van der Waals surface area contributed by atoms with Gasteiger partial charge in [0.05, 0.1) is 0 Å². The number of anilines is 1. The third kappa shape index (κ3) is 3.81. The molecule has 2 fully saturated rings. The largest absolute Gasteiger partial charge is 0.382 e. The molecule has 1 aromatic heterocycles. The Labute approximate surface area is 148 Å². The topological polar surface area (TPSA) is 58.1 Å². The maximum absolute atomic E-state index is 12.7. The molecule has 1 aliphatic carbocycles. The van der Waals surface area contributed by atoms with Crippen molar-refractivity contribution in [2.45, 2.75) is 44.6 Å². The molecular weight excluding hydrogens is 312 g/mol. The molecule has 0 radical (unpaired) electrons. The number of amides is 1. The summed E-state index contributed by atoms with van der Waals surface area (Å²) in [5.41, 5.74) is 2.96. The summed E-state index contributed by atoms with van der Waals surface area (Å²) in [5.74, 6) is 1.34. The molecule has 1 amide bonds. The summed E-state index contributed by atoms with van der Waals surface area (Å²) in [6.45, 7) is 3.64. The summed E-state index contributed by atoms with van der Waals surface area (Å²) >= 11 is 0. The Hall–Kier alpha value is -2.43. The standard InChI is InChI=1S/C20H24N4O/c1-14-3-2-4-17(13-14)22-16-8-11-24(12-9-16)20(25)18-7-10-21-19(23-18)15-5-6-15/h2-4,7,10,13,15-16,22H,5-6,8-9,11-12H2,1H3. The van der Waals surface area contributed by atoms with Crippen LogP contribution in [0.5, 0.6) is 0 Å². The summed E-state index contributed by atoms with van der Waals surface area (Å²) in [4.78, 5) is 23.4. The molecule has 1 saturated carbocycles. The summed E-state index contributed by atoms with van der Waals surface area (Å²) < 4.78 is 0. The number of aromatic nitrogens is 2. The predicted molar refractivity (Wildman–Crippen MR) is 97.7 cm³/mol. The predicted octanol–water partition coefficient (Wildman–Crippen LogP) is 3.38. The molecule has 2 aliphatic rings. The number of rotatable bonds is 4. The Bertz CT molecular complexity index is 764. The van der Waals surface area contributed by atoms with E-state index in [9.17, 15) is 4.79 Å². The first kappa shape index (κ1) is 16.1. The van der Waals surface area contributed by atoms with E-state index in [-0.39, 0.29) is 5.91 Å². The number of aryl methyl sites for hydroxylation is 1. The summed E-state index contributed by atoms with van der Waals surface area (Å²) in [5, 5.41) is 3.59. The second kappa shape index (κ2) is 6.82. The number of piperidine rings is 1. The quantitative estimate of drug-likeness (QED) is 0.930. The monoisotopic (exact) mass is 336 g/mol. The van der Waals surface area contributed by atoms with Gasteiger partial charge in [-0.25, -0.2) is 9.97 Å². The van der Waals surface area contributed by atoms with Crippen LogP contribution in [0.3, 0.4) is 0 Å².